The molecule has 0 aliphatic heterocycles. The van der Waals surface area contributed by atoms with Gasteiger partial charge in [-0.05, 0) is 52.4 Å². The molecule has 0 aromatic carbocycles. The average molecular weight is 296 g/mol. The fourth-order valence-corrected chi connectivity index (χ4v) is 2.38. The lowest BCUT2D eigenvalue weighted by Gasteiger charge is -2.19. The standard InChI is InChI=1S/C16H28N2O3/c1-5-18(6-2)9-7-8-12(3)17-11-14-10-15(16(19)20)13(4)21-14/h10,12,17H,5-9,11H2,1-4H3,(H,19,20). The second-order valence-corrected chi connectivity index (χ2v) is 5.44. The lowest BCUT2D eigenvalue weighted by atomic mass is 10.1. The minimum absolute atomic E-state index is 0.251. The molecule has 0 amide bonds. The van der Waals surface area contributed by atoms with E-state index in [1.165, 1.54) is 0 Å². The van der Waals surface area contributed by atoms with E-state index < -0.39 is 5.97 Å². The van der Waals surface area contributed by atoms with Gasteiger partial charge in [-0.2, -0.15) is 0 Å². The van der Waals surface area contributed by atoms with Crippen LogP contribution in [0, 0.1) is 6.92 Å². The number of nitrogens with zero attached hydrogens (tertiary/aromatic N) is 1. The molecule has 1 atom stereocenters. The Kier molecular flexibility index (Phi) is 7.47. The number of carboxylic acid groups (broad SMARTS) is 1. The molecule has 1 unspecified atom stereocenters. The van der Waals surface area contributed by atoms with Crippen molar-refractivity contribution in [3.63, 3.8) is 0 Å². The molecule has 1 aromatic rings. The molecule has 120 valence electrons. The van der Waals surface area contributed by atoms with Crippen molar-refractivity contribution >= 4 is 5.97 Å². The van der Waals surface area contributed by atoms with E-state index in [1.54, 1.807) is 13.0 Å². The molecule has 1 aromatic heterocycles. The summed E-state index contributed by atoms with van der Waals surface area (Å²) in [5.41, 5.74) is 0.251. The van der Waals surface area contributed by atoms with E-state index in [4.69, 9.17) is 9.52 Å². The van der Waals surface area contributed by atoms with Gasteiger partial charge < -0.3 is 19.7 Å². The monoisotopic (exact) mass is 296 g/mol. The molecular weight excluding hydrogens is 268 g/mol. The summed E-state index contributed by atoms with van der Waals surface area (Å²) >= 11 is 0. The van der Waals surface area contributed by atoms with Gasteiger partial charge in [0.1, 0.15) is 17.1 Å². The number of hydrogen-bond acceptors (Lipinski definition) is 4. The zero-order valence-electron chi connectivity index (χ0n) is 13.6. The van der Waals surface area contributed by atoms with Crippen LogP contribution >= 0.6 is 0 Å². The third-order valence-corrected chi connectivity index (χ3v) is 3.83. The molecule has 0 spiro atoms. The highest BCUT2D eigenvalue weighted by atomic mass is 16.4. The van der Waals surface area contributed by atoms with Crippen LogP contribution in [0.2, 0.25) is 0 Å². The molecule has 1 rings (SSSR count). The van der Waals surface area contributed by atoms with Crippen LogP contribution in [0.15, 0.2) is 10.5 Å². The van der Waals surface area contributed by atoms with E-state index in [0.717, 1.165) is 32.5 Å². The summed E-state index contributed by atoms with van der Waals surface area (Å²) in [4.78, 5) is 13.4. The first-order chi connectivity index (χ1) is 9.97. The molecule has 0 bridgehead atoms. The Balaban J connectivity index is 2.31. The van der Waals surface area contributed by atoms with Gasteiger partial charge in [-0.1, -0.05) is 13.8 Å². The van der Waals surface area contributed by atoms with Gasteiger partial charge in [0.15, 0.2) is 0 Å². The van der Waals surface area contributed by atoms with Crippen LogP contribution in [-0.2, 0) is 6.54 Å². The first kappa shape index (κ1) is 17.7. The molecule has 0 fully saturated rings. The van der Waals surface area contributed by atoms with Crippen LogP contribution in [0.1, 0.15) is 55.5 Å². The van der Waals surface area contributed by atoms with Crippen molar-refractivity contribution < 1.29 is 14.3 Å². The lowest BCUT2D eigenvalue weighted by Crippen LogP contribution is -2.28. The van der Waals surface area contributed by atoms with Crippen LogP contribution in [-0.4, -0.2) is 41.7 Å². The van der Waals surface area contributed by atoms with Crippen LogP contribution in [0.5, 0.6) is 0 Å². The van der Waals surface area contributed by atoms with Gasteiger partial charge in [0, 0.05) is 6.04 Å². The van der Waals surface area contributed by atoms with Crippen molar-refractivity contribution in [3.05, 3.63) is 23.2 Å². The lowest BCUT2D eigenvalue weighted by molar-refractivity contribution is 0.0695. The fourth-order valence-electron chi connectivity index (χ4n) is 2.38. The number of aryl methyl sites for hydroxylation is 1. The molecular formula is C16H28N2O3. The molecule has 0 radical (unpaired) electrons. The summed E-state index contributed by atoms with van der Waals surface area (Å²) in [5.74, 6) is 0.212. The topological polar surface area (TPSA) is 65.7 Å². The fraction of sp³-hybridized carbons (Fsp3) is 0.688. The average Bonchev–Trinajstić information content (AvgIpc) is 2.83. The smallest absolute Gasteiger partial charge is 0.339 e. The molecule has 21 heavy (non-hydrogen) atoms. The minimum Gasteiger partial charge on any atom is -0.478 e. The zero-order chi connectivity index (χ0) is 15.8. The van der Waals surface area contributed by atoms with Crippen molar-refractivity contribution in [2.75, 3.05) is 19.6 Å². The highest BCUT2D eigenvalue weighted by Gasteiger charge is 2.14. The van der Waals surface area contributed by atoms with Crippen molar-refractivity contribution in [2.24, 2.45) is 0 Å². The normalized spacial score (nSPS) is 12.8. The maximum atomic E-state index is 11.0. The van der Waals surface area contributed by atoms with Crippen LogP contribution in [0.25, 0.3) is 0 Å². The van der Waals surface area contributed by atoms with Crippen LogP contribution < -0.4 is 5.32 Å². The zero-order valence-corrected chi connectivity index (χ0v) is 13.6. The Labute approximate surface area is 127 Å². The first-order valence-electron chi connectivity index (χ1n) is 7.76. The van der Waals surface area contributed by atoms with Gasteiger partial charge in [-0.3, -0.25) is 0 Å². The van der Waals surface area contributed by atoms with Gasteiger partial charge in [-0.15, -0.1) is 0 Å². The van der Waals surface area contributed by atoms with Crippen molar-refractivity contribution in [1.29, 1.82) is 0 Å². The van der Waals surface area contributed by atoms with Crippen molar-refractivity contribution in [1.82, 2.24) is 10.2 Å². The second-order valence-electron chi connectivity index (χ2n) is 5.44. The van der Waals surface area contributed by atoms with E-state index in [9.17, 15) is 4.79 Å². The maximum absolute atomic E-state index is 11.0. The van der Waals surface area contributed by atoms with E-state index >= 15 is 0 Å². The first-order valence-corrected chi connectivity index (χ1v) is 7.76. The van der Waals surface area contributed by atoms with Crippen LogP contribution in [0.3, 0.4) is 0 Å². The quantitative estimate of drug-likeness (QED) is 0.695. The number of rotatable bonds is 10. The molecule has 5 nitrogen and oxygen atoms in total. The third-order valence-electron chi connectivity index (χ3n) is 3.83. The molecule has 0 saturated heterocycles. The van der Waals surface area contributed by atoms with E-state index in [-0.39, 0.29) is 5.56 Å². The summed E-state index contributed by atoms with van der Waals surface area (Å²) in [6, 6.07) is 1.99. The summed E-state index contributed by atoms with van der Waals surface area (Å²) in [7, 11) is 0. The number of carboxylic acids is 1. The van der Waals surface area contributed by atoms with E-state index in [2.05, 4.69) is 31.0 Å². The highest BCUT2D eigenvalue weighted by Crippen LogP contribution is 2.14. The predicted octanol–water partition coefficient (Wildman–Crippen LogP) is 2.89. The van der Waals surface area contributed by atoms with Gasteiger partial charge >= 0.3 is 5.97 Å². The third kappa shape index (κ3) is 5.89. The van der Waals surface area contributed by atoms with Gasteiger partial charge in [0.2, 0.25) is 0 Å². The molecule has 0 aliphatic carbocycles. The number of carbonyl (C=O) groups is 1. The molecule has 1 heterocycles. The Morgan fingerprint density at radius 1 is 1.43 bits per heavy atom. The maximum Gasteiger partial charge on any atom is 0.339 e. The summed E-state index contributed by atoms with van der Waals surface area (Å²) in [6.07, 6.45) is 2.26. The summed E-state index contributed by atoms with van der Waals surface area (Å²) in [6.45, 7) is 12.1. The van der Waals surface area contributed by atoms with E-state index in [1.807, 2.05) is 0 Å². The number of furan rings is 1. The number of hydrogen-bond donors (Lipinski definition) is 2. The van der Waals surface area contributed by atoms with Gasteiger partial charge in [0.05, 0.1) is 6.54 Å². The highest BCUT2D eigenvalue weighted by molar-refractivity contribution is 5.88. The van der Waals surface area contributed by atoms with Gasteiger partial charge in [-0.25, -0.2) is 4.79 Å². The Hall–Kier alpha value is -1.33. The Bertz CT molecular complexity index is 439. The Morgan fingerprint density at radius 2 is 2.10 bits per heavy atom. The summed E-state index contributed by atoms with van der Waals surface area (Å²) in [5, 5.41) is 12.4. The van der Waals surface area contributed by atoms with Crippen LogP contribution in [0.4, 0.5) is 0 Å². The largest absolute Gasteiger partial charge is 0.478 e. The van der Waals surface area contributed by atoms with Gasteiger partial charge in [0.25, 0.3) is 0 Å². The SMILES string of the molecule is CCN(CC)CCCC(C)NCc1cc(C(=O)O)c(C)o1. The minimum atomic E-state index is -0.935. The molecule has 0 aliphatic rings. The number of nitrogens with one attached hydrogen (secondary N) is 1. The summed E-state index contributed by atoms with van der Waals surface area (Å²) < 4.78 is 5.45. The Morgan fingerprint density at radius 3 is 2.62 bits per heavy atom. The second kappa shape index (κ2) is 8.85. The van der Waals surface area contributed by atoms with E-state index in [0.29, 0.717) is 24.1 Å². The molecule has 5 heteroatoms. The van der Waals surface area contributed by atoms with Crippen molar-refractivity contribution in [2.45, 2.75) is 53.1 Å². The number of aromatic carboxylic acids is 1. The van der Waals surface area contributed by atoms with Crippen molar-refractivity contribution in [3.8, 4) is 0 Å². The molecule has 0 saturated carbocycles. The molecule has 2 N–H and O–H groups in total. The predicted molar refractivity (Wildman–Crippen MR) is 83.7 cm³/mol.